The van der Waals surface area contributed by atoms with Crippen molar-refractivity contribution in [3.05, 3.63) is 47.8 Å². The van der Waals surface area contributed by atoms with Crippen LogP contribution in [0.15, 0.2) is 36.7 Å². The minimum absolute atomic E-state index is 0.0919. The van der Waals surface area contributed by atoms with Gasteiger partial charge in [0.1, 0.15) is 5.75 Å². The van der Waals surface area contributed by atoms with Crippen LogP contribution < -0.4 is 10.1 Å². The van der Waals surface area contributed by atoms with E-state index in [0.29, 0.717) is 24.2 Å². The molecular formula is C16H21N3O3. The average Bonchev–Trinajstić information content (AvgIpc) is 2.96. The van der Waals surface area contributed by atoms with Crippen LogP contribution in [0.2, 0.25) is 0 Å². The lowest BCUT2D eigenvalue weighted by atomic mass is 10.1. The number of hydrogen-bond donors (Lipinski definition) is 2. The molecule has 1 amide bonds. The summed E-state index contributed by atoms with van der Waals surface area (Å²) >= 11 is 0. The zero-order valence-electron chi connectivity index (χ0n) is 12.8. The van der Waals surface area contributed by atoms with Gasteiger partial charge in [-0.15, -0.1) is 0 Å². The van der Waals surface area contributed by atoms with Crippen LogP contribution in [0.5, 0.6) is 5.75 Å². The van der Waals surface area contributed by atoms with Crippen molar-refractivity contribution in [2.45, 2.75) is 18.9 Å². The second-order valence-electron chi connectivity index (χ2n) is 5.12. The lowest BCUT2D eigenvalue weighted by Crippen LogP contribution is -2.28. The third-order valence-electron chi connectivity index (χ3n) is 3.37. The van der Waals surface area contributed by atoms with Crippen molar-refractivity contribution in [2.75, 3.05) is 13.7 Å². The van der Waals surface area contributed by atoms with E-state index in [9.17, 15) is 9.90 Å². The molecule has 2 aromatic rings. The van der Waals surface area contributed by atoms with Crippen molar-refractivity contribution < 1.29 is 14.6 Å². The Kier molecular flexibility index (Phi) is 5.55. The minimum atomic E-state index is -0.752. The Balaban J connectivity index is 1.77. The van der Waals surface area contributed by atoms with Gasteiger partial charge in [0.2, 0.25) is 5.91 Å². The molecule has 0 saturated carbocycles. The Morgan fingerprint density at radius 1 is 1.50 bits per heavy atom. The number of rotatable bonds is 7. The zero-order chi connectivity index (χ0) is 15.9. The van der Waals surface area contributed by atoms with E-state index >= 15 is 0 Å². The molecule has 1 aromatic carbocycles. The van der Waals surface area contributed by atoms with Crippen LogP contribution in [0.3, 0.4) is 0 Å². The molecule has 6 nitrogen and oxygen atoms in total. The molecular weight excluding hydrogens is 282 g/mol. The SMILES string of the molecule is COc1cccc(C(O)CNC(=O)CCc2cnn(C)c2)c1. The van der Waals surface area contributed by atoms with Crippen LogP contribution in [0, 0.1) is 0 Å². The number of amides is 1. The van der Waals surface area contributed by atoms with Gasteiger partial charge in [-0.2, -0.15) is 5.10 Å². The predicted molar refractivity (Wildman–Crippen MR) is 82.5 cm³/mol. The first kappa shape index (κ1) is 16.0. The normalized spacial score (nSPS) is 12.0. The maximum atomic E-state index is 11.8. The molecule has 2 rings (SSSR count). The van der Waals surface area contributed by atoms with Gasteiger partial charge in [-0.25, -0.2) is 0 Å². The predicted octanol–water partition coefficient (Wildman–Crippen LogP) is 1.21. The van der Waals surface area contributed by atoms with E-state index in [4.69, 9.17) is 4.74 Å². The molecule has 0 fully saturated rings. The first-order chi connectivity index (χ1) is 10.6. The first-order valence-electron chi connectivity index (χ1n) is 7.14. The van der Waals surface area contributed by atoms with Gasteiger partial charge in [0, 0.05) is 26.2 Å². The Bertz CT molecular complexity index is 625. The van der Waals surface area contributed by atoms with Gasteiger partial charge in [0.05, 0.1) is 19.4 Å². The van der Waals surface area contributed by atoms with Crippen molar-refractivity contribution in [1.82, 2.24) is 15.1 Å². The van der Waals surface area contributed by atoms with Crippen molar-refractivity contribution in [1.29, 1.82) is 0 Å². The molecule has 1 heterocycles. The number of nitrogens with one attached hydrogen (secondary N) is 1. The number of methoxy groups -OCH3 is 1. The van der Waals surface area contributed by atoms with Gasteiger partial charge in [0.15, 0.2) is 0 Å². The summed E-state index contributed by atoms with van der Waals surface area (Å²) in [5.74, 6) is 0.588. The largest absolute Gasteiger partial charge is 0.497 e. The van der Waals surface area contributed by atoms with E-state index < -0.39 is 6.10 Å². The Morgan fingerprint density at radius 3 is 3.00 bits per heavy atom. The van der Waals surface area contributed by atoms with E-state index in [1.807, 2.05) is 25.4 Å². The highest BCUT2D eigenvalue weighted by Gasteiger charge is 2.10. The number of aryl methyl sites for hydroxylation is 2. The molecule has 0 aliphatic rings. The van der Waals surface area contributed by atoms with Gasteiger partial charge in [-0.1, -0.05) is 12.1 Å². The van der Waals surface area contributed by atoms with Crippen molar-refractivity contribution in [3.63, 3.8) is 0 Å². The van der Waals surface area contributed by atoms with E-state index in [1.54, 1.807) is 30.1 Å². The number of aromatic nitrogens is 2. The molecule has 0 radical (unpaired) electrons. The molecule has 1 atom stereocenters. The Labute approximate surface area is 129 Å². The lowest BCUT2D eigenvalue weighted by Gasteiger charge is -2.13. The number of benzene rings is 1. The number of hydrogen-bond acceptors (Lipinski definition) is 4. The molecule has 6 heteroatoms. The molecule has 22 heavy (non-hydrogen) atoms. The van der Waals surface area contributed by atoms with Crippen molar-refractivity contribution >= 4 is 5.91 Å². The summed E-state index contributed by atoms with van der Waals surface area (Å²) in [6.07, 6.45) is 3.89. The fraction of sp³-hybridized carbons (Fsp3) is 0.375. The average molecular weight is 303 g/mol. The fourth-order valence-electron chi connectivity index (χ4n) is 2.12. The quantitative estimate of drug-likeness (QED) is 0.806. The Morgan fingerprint density at radius 2 is 2.32 bits per heavy atom. The fourth-order valence-corrected chi connectivity index (χ4v) is 2.12. The monoisotopic (exact) mass is 303 g/mol. The second kappa shape index (κ2) is 7.61. The smallest absolute Gasteiger partial charge is 0.220 e. The third-order valence-corrected chi connectivity index (χ3v) is 3.37. The molecule has 0 aliphatic carbocycles. The van der Waals surface area contributed by atoms with Crippen LogP contribution in [-0.4, -0.2) is 34.4 Å². The highest BCUT2D eigenvalue weighted by atomic mass is 16.5. The summed E-state index contributed by atoms with van der Waals surface area (Å²) in [6.45, 7) is 0.180. The summed E-state index contributed by atoms with van der Waals surface area (Å²) in [4.78, 5) is 11.8. The number of carbonyl (C=O) groups is 1. The van der Waals surface area contributed by atoms with Crippen molar-refractivity contribution in [3.8, 4) is 5.75 Å². The zero-order valence-corrected chi connectivity index (χ0v) is 12.8. The maximum Gasteiger partial charge on any atom is 0.220 e. The molecule has 0 aliphatic heterocycles. The molecule has 0 spiro atoms. The number of aliphatic hydroxyl groups is 1. The minimum Gasteiger partial charge on any atom is -0.497 e. The van der Waals surface area contributed by atoms with Crippen LogP contribution in [0.1, 0.15) is 23.7 Å². The van der Waals surface area contributed by atoms with E-state index in [2.05, 4.69) is 10.4 Å². The molecule has 0 saturated heterocycles. The topological polar surface area (TPSA) is 76.4 Å². The van der Waals surface area contributed by atoms with Gasteiger partial charge < -0.3 is 15.2 Å². The van der Waals surface area contributed by atoms with E-state index in [0.717, 1.165) is 5.56 Å². The van der Waals surface area contributed by atoms with Crippen LogP contribution in [0.25, 0.3) is 0 Å². The Hall–Kier alpha value is -2.34. The number of aliphatic hydroxyl groups excluding tert-OH is 1. The summed E-state index contributed by atoms with van der Waals surface area (Å²) in [7, 11) is 3.42. The summed E-state index contributed by atoms with van der Waals surface area (Å²) in [5.41, 5.74) is 1.73. The van der Waals surface area contributed by atoms with Crippen LogP contribution in [-0.2, 0) is 18.3 Å². The summed E-state index contributed by atoms with van der Waals surface area (Å²) < 4.78 is 6.82. The first-order valence-corrected chi connectivity index (χ1v) is 7.14. The number of ether oxygens (including phenoxy) is 1. The maximum absolute atomic E-state index is 11.8. The van der Waals surface area contributed by atoms with Gasteiger partial charge in [-0.3, -0.25) is 9.48 Å². The van der Waals surface area contributed by atoms with Crippen LogP contribution in [0.4, 0.5) is 0 Å². The summed E-state index contributed by atoms with van der Waals surface area (Å²) in [6, 6.07) is 7.17. The third kappa shape index (κ3) is 4.60. The molecule has 118 valence electrons. The standard InChI is InChI=1S/C16H21N3O3/c1-19-11-12(9-18-19)6-7-16(21)17-10-15(20)13-4-3-5-14(8-13)22-2/h3-5,8-9,11,15,20H,6-7,10H2,1-2H3,(H,17,21). The highest BCUT2D eigenvalue weighted by molar-refractivity contribution is 5.76. The highest BCUT2D eigenvalue weighted by Crippen LogP contribution is 2.18. The molecule has 1 unspecified atom stereocenters. The second-order valence-corrected chi connectivity index (χ2v) is 5.12. The number of nitrogens with zero attached hydrogens (tertiary/aromatic N) is 2. The summed E-state index contributed by atoms with van der Waals surface area (Å²) in [5, 5.41) is 16.9. The molecule has 0 bridgehead atoms. The molecule has 2 N–H and O–H groups in total. The van der Waals surface area contributed by atoms with Gasteiger partial charge in [0.25, 0.3) is 0 Å². The van der Waals surface area contributed by atoms with Gasteiger partial charge in [-0.05, 0) is 29.7 Å². The number of carbonyl (C=O) groups excluding carboxylic acids is 1. The van der Waals surface area contributed by atoms with Gasteiger partial charge >= 0.3 is 0 Å². The lowest BCUT2D eigenvalue weighted by molar-refractivity contribution is -0.121. The molecule has 1 aromatic heterocycles. The van der Waals surface area contributed by atoms with Crippen LogP contribution >= 0.6 is 0 Å². The van der Waals surface area contributed by atoms with E-state index in [-0.39, 0.29) is 12.5 Å². The van der Waals surface area contributed by atoms with E-state index in [1.165, 1.54) is 0 Å². The van der Waals surface area contributed by atoms with Crippen molar-refractivity contribution in [2.24, 2.45) is 7.05 Å².